The summed E-state index contributed by atoms with van der Waals surface area (Å²) in [6.45, 7) is 0. The highest BCUT2D eigenvalue weighted by molar-refractivity contribution is 6.28. The third-order valence-corrected chi connectivity index (χ3v) is 1.30. The molecule has 0 spiro atoms. The highest BCUT2D eigenvalue weighted by atomic mass is 35.5. The maximum atomic E-state index is 5.50. The molecule has 52 valence electrons. The van der Waals surface area contributed by atoms with Crippen LogP contribution in [-0.4, -0.2) is 26.3 Å². The molecule has 1 aromatic heterocycles. The van der Waals surface area contributed by atoms with Gasteiger partial charge in [0, 0.05) is 0 Å². The normalized spacial score (nSPS) is 8.45. The maximum Gasteiger partial charge on any atom is 0.264 e. The first kappa shape index (κ1) is 8.36. The van der Waals surface area contributed by atoms with E-state index in [2.05, 4.69) is 37.0 Å². The van der Waals surface area contributed by atoms with E-state index in [0.717, 1.165) is 0 Å². The van der Waals surface area contributed by atoms with E-state index in [9.17, 15) is 0 Å². The van der Waals surface area contributed by atoms with Gasteiger partial charge in [0.1, 0.15) is 5.69 Å². The zero-order valence-corrected chi connectivity index (χ0v) is 7.42. The Morgan fingerprint density at radius 3 is 3.00 bits per heavy atom. The van der Waals surface area contributed by atoms with Gasteiger partial charge in [-0.1, -0.05) is 5.92 Å². The Morgan fingerprint density at radius 1 is 1.64 bits per heavy atom. The summed E-state index contributed by atoms with van der Waals surface area (Å²) >= 11 is 7.75. The minimum atomic E-state index is 0.155. The fourth-order valence-corrected chi connectivity index (χ4v) is 0.808. The second-order valence-corrected chi connectivity index (χ2v) is 2.34. The Morgan fingerprint density at radius 2 is 2.36 bits per heavy atom. The number of rotatable bonds is 0. The number of hydrogen-bond acceptors (Lipinski definition) is 3. The molecule has 2 N–H and O–H groups in total. The van der Waals surface area contributed by atoms with E-state index >= 15 is 0 Å². The lowest BCUT2D eigenvalue weighted by molar-refractivity contribution is 1.15. The molecule has 0 unspecified atom stereocenters. The quantitative estimate of drug-likeness (QED) is 0.351. The molecule has 0 saturated heterocycles. The van der Waals surface area contributed by atoms with Crippen LogP contribution in [0, 0.1) is 10.7 Å². The Balaban J connectivity index is 3.19. The van der Waals surface area contributed by atoms with Gasteiger partial charge in [0.15, 0.2) is 0 Å². The average Bonchev–Trinajstić information content (AvgIpc) is 1.98. The van der Waals surface area contributed by atoms with Gasteiger partial charge in [0.05, 0.1) is 11.9 Å². The molecule has 3 nitrogen and oxygen atoms in total. The molecule has 0 aliphatic rings. The largest absolute Gasteiger partial charge is 0.395 e. The Labute approximate surface area is 77.4 Å². The van der Waals surface area contributed by atoms with E-state index in [1.165, 1.54) is 6.20 Å². The van der Waals surface area contributed by atoms with Crippen molar-refractivity contribution in [3.8, 4) is 10.7 Å². The zero-order chi connectivity index (χ0) is 8.27. The highest BCUT2D eigenvalue weighted by Gasteiger charge is 1.97. The molecule has 0 atom stereocenters. The second kappa shape index (κ2) is 3.59. The number of aromatic nitrogens is 2. The summed E-state index contributed by atoms with van der Waals surface area (Å²) in [6.07, 6.45) is 1.43. The lowest BCUT2D eigenvalue weighted by Crippen LogP contribution is -1.95. The first-order chi connectivity index (χ1) is 5.24. The Kier molecular flexibility index (Phi) is 2.73. The van der Waals surface area contributed by atoms with Crippen molar-refractivity contribution in [3.63, 3.8) is 0 Å². The predicted molar refractivity (Wildman–Crippen MR) is 44.1 cm³/mol. The van der Waals surface area contributed by atoms with Gasteiger partial charge in [-0.25, -0.2) is 14.8 Å². The summed E-state index contributed by atoms with van der Waals surface area (Å²) in [5.74, 6) is 2.67. The lowest BCUT2D eigenvalue weighted by atomic mass is 10.4. The summed E-state index contributed by atoms with van der Waals surface area (Å²) in [5.41, 5.74) is 6.37. The molecule has 0 aromatic carbocycles. The van der Waals surface area contributed by atoms with Crippen LogP contribution in [0.15, 0.2) is 6.20 Å². The summed E-state index contributed by atoms with van der Waals surface area (Å²) in [7, 11) is 0. The van der Waals surface area contributed by atoms with Crippen LogP contribution in [0.1, 0.15) is 5.69 Å². The van der Waals surface area contributed by atoms with Crippen molar-refractivity contribution >= 4 is 33.6 Å². The Hall–Kier alpha value is -0.738. The molecule has 0 aliphatic carbocycles. The topological polar surface area (TPSA) is 51.8 Å². The first-order valence-electron chi connectivity index (χ1n) is 2.73. The molecule has 0 fully saturated rings. The van der Waals surface area contributed by atoms with Crippen molar-refractivity contribution in [2.75, 3.05) is 5.73 Å². The number of hydrogen-bond donors (Lipinski definition) is 1. The highest BCUT2D eigenvalue weighted by Crippen LogP contribution is 2.07. The fraction of sp³-hybridized carbons (Fsp3) is 0. The molecular weight excluding hydrogens is 177 g/mol. The summed E-state index contributed by atoms with van der Waals surface area (Å²) in [5, 5.41) is 0.155. The van der Waals surface area contributed by atoms with Crippen LogP contribution in [-0.2, 0) is 0 Å². The predicted octanol–water partition coefficient (Wildman–Crippen LogP) is 0.190. The van der Waals surface area contributed by atoms with Crippen molar-refractivity contribution in [1.29, 1.82) is 0 Å². The second-order valence-electron chi connectivity index (χ2n) is 1.71. The van der Waals surface area contributed by atoms with Crippen molar-refractivity contribution in [2.45, 2.75) is 0 Å². The zero-order valence-electron chi connectivity index (χ0n) is 5.50. The number of nitrogens with two attached hydrogens (primary N) is 1. The van der Waals surface area contributed by atoms with Crippen LogP contribution in [0.5, 0.6) is 0 Å². The SMILES string of the molecule is Nc1cnc(Cl)nc1C#[C][Al]. The van der Waals surface area contributed by atoms with E-state index in [1.54, 1.807) is 0 Å². The molecule has 1 heterocycles. The van der Waals surface area contributed by atoms with Gasteiger partial charge in [0.2, 0.25) is 5.28 Å². The van der Waals surface area contributed by atoms with Crippen LogP contribution >= 0.6 is 11.6 Å². The molecule has 1 rings (SSSR count). The molecule has 11 heavy (non-hydrogen) atoms. The summed E-state index contributed by atoms with van der Waals surface area (Å²) in [4.78, 5) is 10.1. The molecule has 5 heteroatoms. The number of anilines is 1. The van der Waals surface area contributed by atoms with Crippen molar-refractivity contribution in [2.24, 2.45) is 0 Å². The maximum absolute atomic E-state index is 5.50. The van der Waals surface area contributed by atoms with Crippen LogP contribution < -0.4 is 5.73 Å². The van der Waals surface area contributed by atoms with E-state index in [4.69, 9.17) is 17.3 Å². The molecule has 2 radical (unpaired) electrons. The van der Waals surface area contributed by atoms with Crippen LogP contribution in [0.3, 0.4) is 0 Å². The van der Waals surface area contributed by atoms with Crippen LogP contribution in [0.4, 0.5) is 5.69 Å². The molecule has 1 aromatic rings. The van der Waals surface area contributed by atoms with Gasteiger partial charge >= 0.3 is 0 Å². The number of nitrogen functional groups attached to an aromatic ring is 1. The van der Waals surface area contributed by atoms with Gasteiger partial charge in [-0.3, -0.25) is 0 Å². The third kappa shape index (κ3) is 2.10. The smallest absolute Gasteiger partial charge is 0.264 e. The van der Waals surface area contributed by atoms with Gasteiger partial charge in [0.25, 0.3) is 16.3 Å². The van der Waals surface area contributed by atoms with Gasteiger partial charge in [-0.05, 0) is 11.6 Å². The van der Waals surface area contributed by atoms with Crippen molar-refractivity contribution in [1.82, 2.24) is 9.97 Å². The van der Waals surface area contributed by atoms with Crippen molar-refractivity contribution < 1.29 is 0 Å². The standard InChI is InChI=1S/C6H3ClN3.Al/c1-2-5-4(8)3-9-6(7)10-5;/h3H,8H2;. The Bertz CT molecular complexity index is 328. The van der Waals surface area contributed by atoms with E-state index in [0.29, 0.717) is 11.4 Å². The lowest BCUT2D eigenvalue weighted by Gasteiger charge is -1.95. The van der Waals surface area contributed by atoms with E-state index < -0.39 is 0 Å². The van der Waals surface area contributed by atoms with E-state index in [1.807, 2.05) is 0 Å². The fourth-order valence-electron chi connectivity index (χ4n) is 0.538. The number of halogens is 1. The minimum absolute atomic E-state index is 0.155. The molecule has 0 aliphatic heterocycles. The first-order valence-corrected chi connectivity index (χ1v) is 3.69. The van der Waals surface area contributed by atoms with Gasteiger partial charge < -0.3 is 5.73 Å². The summed E-state index contributed by atoms with van der Waals surface area (Å²) in [6, 6.07) is 0. The minimum Gasteiger partial charge on any atom is -0.395 e. The molecule has 0 saturated carbocycles. The van der Waals surface area contributed by atoms with Gasteiger partial charge in [-0.15, -0.1) is 0 Å². The third-order valence-electron chi connectivity index (χ3n) is 0.978. The van der Waals surface area contributed by atoms with Crippen molar-refractivity contribution in [3.05, 3.63) is 17.2 Å². The molecular formula is C6H3AlClN3. The van der Waals surface area contributed by atoms with Crippen LogP contribution in [0.25, 0.3) is 0 Å². The molecule has 0 bridgehead atoms. The monoisotopic (exact) mass is 179 g/mol. The van der Waals surface area contributed by atoms with E-state index in [-0.39, 0.29) is 5.28 Å². The number of nitrogens with zero attached hydrogens (tertiary/aromatic N) is 2. The average molecular weight is 180 g/mol. The molecule has 0 amide bonds. The van der Waals surface area contributed by atoms with Gasteiger partial charge in [-0.2, -0.15) is 0 Å². The summed E-state index contributed by atoms with van der Waals surface area (Å²) < 4.78 is 0. The van der Waals surface area contributed by atoms with Crippen LogP contribution in [0.2, 0.25) is 5.28 Å².